The first-order valence-corrected chi connectivity index (χ1v) is 9.12. The van der Waals surface area contributed by atoms with Gasteiger partial charge < -0.3 is 5.11 Å². The summed E-state index contributed by atoms with van der Waals surface area (Å²) in [7, 11) is -9.90. The summed E-state index contributed by atoms with van der Waals surface area (Å²) in [6.45, 7) is 5.48. The van der Waals surface area contributed by atoms with Crippen LogP contribution < -0.4 is 0 Å². The number of nitrogens with zero attached hydrogens (tertiary/aromatic N) is 2. The minimum Gasteiger partial charge on any atom is -0.505 e. The number of azo groups is 1. The molecule has 0 heterocycles. The maximum absolute atomic E-state index is 13.1. The van der Waals surface area contributed by atoms with E-state index in [2.05, 4.69) is 10.2 Å². The van der Waals surface area contributed by atoms with Gasteiger partial charge in [0.25, 0.3) is 0 Å². The molecule has 0 amide bonds. The third-order valence-corrected chi connectivity index (χ3v) is 4.55. The highest BCUT2D eigenvalue weighted by Crippen LogP contribution is 3.03. The Hall–Kier alpha value is -2.16. The predicted octanol–water partition coefficient (Wildman–Crippen LogP) is 7.76. The fraction of sp³-hybridized carbons (Fsp3) is 0.250. The molecule has 1 N–H and O–H groups in total. The van der Waals surface area contributed by atoms with E-state index in [9.17, 15) is 24.5 Å². The summed E-state index contributed by atoms with van der Waals surface area (Å²) in [6, 6.07) is 7.57. The van der Waals surface area contributed by atoms with Crippen LogP contribution in [-0.2, 0) is 5.41 Å². The smallest absolute Gasteiger partial charge is 0.312 e. The number of phenolic OH excluding ortho intramolecular Hbond substituents is 1. The lowest BCUT2D eigenvalue weighted by Crippen LogP contribution is -2.10. The summed E-state index contributed by atoms with van der Waals surface area (Å²) in [5.74, 6) is -0.261. The maximum Gasteiger partial charge on any atom is 0.312 e. The molecule has 0 saturated heterocycles. The van der Waals surface area contributed by atoms with E-state index in [1.807, 2.05) is 20.8 Å². The van der Waals surface area contributed by atoms with Crippen LogP contribution >= 0.6 is 10.2 Å². The van der Waals surface area contributed by atoms with Gasteiger partial charge in [-0.25, -0.2) is 0 Å². The molecule has 25 heavy (non-hydrogen) atoms. The maximum atomic E-state index is 13.1. The van der Waals surface area contributed by atoms with Crippen LogP contribution in [-0.4, -0.2) is 5.11 Å². The number of hydrogen-bond acceptors (Lipinski definition) is 3. The molecule has 9 heteroatoms. The van der Waals surface area contributed by atoms with Crippen LogP contribution in [0.25, 0.3) is 0 Å². The Balaban J connectivity index is 2.54. The lowest BCUT2D eigenvalue weighted by Gasteiger charge is -2.40. The molecule has 0 saturated carbocycles. The van der Waals surface area contributed by atoms with Gasteiger partial charge in [0, 0.05) is 5.56 Å². The van der Waals surface area contributed by atoms with E-state index in [0.29, 0.717) is 5.56 Å². The number of phenols is 1. The number of aromatic hydroxyl groups is 1. The van der Waals surface area contributed by atoms with Crippen LogP contribution in [0, 0.1) is 0 Å². The van der Waals surface area contributed by atoms with Gasteiger partial charge in [0.15, 0.2) is 0 Å². The fourth-order valence-corrected chi connectivity index (χ4v) is 3.03. The third-order valence-electron chi connectivity index (χ3n) is 3.37. The van der Waals surface area contributed by atoms with Crippen LogP contribution in [0.1, 0.15) is 26.3 Å². The Labute approximate surface area is 141 Å². The molecule has 0 atom stereocenters. The molecule has 0 aliphatic carbocycles. The van der Waals surface area contributed by atoms with E-state index in [4.69, 9.17) is 0 Å². The molecule has 0 radical (unpaired) electrons. The van der Waals surface area contributed by atoms with Crippen LogP contribution in [0.3, 0.4) is 0 Å². The van der Waals surface area contributed by atoms with Gasteiger partial charge in [0.1, 0.15) is 22.0 Å². The van der Waals surface area contributed by atoms with Gasteiger partial charge in [-0.2, -0.15) is 0 Å². The second kappa shape index (κ2) is 5.17. The summed E-state index contributed by atoms with van der Waals surface area (Å²) in [6.07, 6.45) is 0. The minimum absolute atomic E-state index is 0.107. The standard InChI is InChI=1S/C16H17F5N2OS/c1-16(2,3)11-7-6-9-13(15(11)24)23-22-12-8-4-5-10-14(12)25(17,18,19,20)21/h4-10,24H,1-3H3. The van der Waals surface area contributed by atoms with Crippen molar-refractivity contribution in [3.8, 4) is 5.75 Å². The first kappa shape index (κ1) is 19.2. The normalized spacial score (nSPS) is 15.8. The van der Waals surface area contributed by atoms with Gasteiger partial charge in [0.2, 0.25) is 0 Å². The highest BCUT2D eigenvalue weighted by atomic mass is 32.5. The van der Waals surface area contributed by atoms with Crippen LogP contribution in [0.5, 0.6) is 5.75 Å². The van der Waals surface area contributed by atoms with Gasteiger partial charge in [-0.05, 0) is 23.6 Å². The average Bonchev–Trinajstić information content (AvgIpc) is 2.43. The largest absolute Gasteiger partial charge is 0.505 e. The molecular formula is C16H17F5N2OS. The van der Waals surface area contributed by atoms with Gasteiger partial charge in [-0.15, -0.1) is 10.2 Å². The van der Waals surface area contributed by atoms with Crippen molar-refractivity contribution in [3.05, 3.63) is 48.0 Å². The average molecular weight is 380 g/mol. The van der Waals surface area contributed by atoms with Crippen LogP contribution in [0.4, 0.5) is 30.8 Å². The molecule has 0 aliphatic heterocycles. The zero-order valence-electron chi connectivity index (χ0n) is 13.7. The van der Waals surface area contributed by atoms with Crippen molar-refractivity contribution in [2.45, 2.75) is 31.1 Å². The summed E-state index contributed by atoms with van der Waals surface area (Å²) >= 11 is 0. The lowest BCUT2D eigenvalue weighted by molar-refractivity contribution is 0.364. The number of halogens is 5. The Morgan fingerprint density at radius 3 is 1.88 bits per heavy atom. The highest BCUT2D eigenvalue weighted by Gasteiger charge is 2.66. The van der Waals surface area contributed by atoms with E-state index in [0.717, 1.165) is 18.2 Å². The zero-order chi connectivity index (χ0) is 19.2. The van der Waals surface area contributed by atoms with Crippen LogP contribution in [0.2, 0.25) is 0 Å². The van der Waals surface area contributed by atoms with Crippen LogP contribution in [0.15, 0.2) is 57.6 Å². The molecule has 0 fully saturated rings. The third kappa shape index (κ3) is 4.47. The van der Waals surface area contributed by atoms with E-state index in [-0.39, 0.29) is 17.5 Å². The van der Waals surface area contributed by atoms with E-state index in [1.54, 1.807) is 12.1 Å². The molecule has 2 rings (SSSR count). The Kier molecular flexibility index (Phi) is 3.96. The molecule has 2 aromatic rings. The first-order valence-electron chi connectivity index (χ1n) is 7.17. The zero-order valence-corrected chi connectivity index (χ0v) is 14.5. The molecule has 0 aromatic heterocycles. The summed E-state index contributed by atoms with van der Waals surface area (Å²) in [4.78, 5) is -2.11. The first-order chi connectivity index (χ1) is 11.1. The SMILES string of the molecule is CC(C)(C)c1cccc(N=Nc2ccccc2S(F)(F)(F)(F)F)c1O. The number of rotatable bonds is 3. The van der Waals surface area contributed by atoms with Crippen molar-refractivity contribution < 1.29 is 24.5 Å². The van der Waals surface area contributed by atoms with Crippen molar-refractivity contribution in [2.75, 3.05) is 0 Å². The summed E-state index contributed by atoms with van der Waals surface area (Å²) in [5, 5.41) is 17.1. The summed E-state index contributed by atoms with van der Waals surface area (Å²) < 4.78 is 65.4. The van der Waals surface area contributed by atoms with Crippen molar-refractivity contribution in [1.29, 1.82) is 0 Å². The minimum atomic E-state index is -9.90. The molecular weight excluding hydrogens is 363 g/mol. The Morgan fingerprint density at radius 1 is 0.800 bits per heavy atom. The monoisotopic (exact) mass is 380 g/mol. The molecule has 138 valence electrons. The van der Waals surface area contributed by atoms with Crippen molar-refractivity contribution in [2.24, 2.45) is 10.2 Å². The van der Waals surface area contributed by atoms with Gasteiger partial charge in [-0.1, -0.05) is 64.5 Å². The van der Waals surface area contributed by atoms with E-state index < -0.39 is 26.2 Å². The Morgan fingerprint density at radius 2 is 1.32 bits per heavy atom. The fourth-order valence-electron chi connectivity index (χ4n) is 2.19. The van der Waals surface area contributed by atoms with Crippen molar-refractivity contribution in [1.82, 2.24) is 0 Å². The second-order valence-corrected chi connectivity index (χ2v) is 8.94. The number of hydrogen-bond donors (Lipinski definition) is 1. The molecule has 0 bridgehead atoms. The number of para-hydroxylation sites is 1. The van der Waals surface area contributed by atoms with Crippen molar-refractivity contribution in [3.63, 3.8) is 0 Å². The highest BCUT2D eigenvalue weighted by molar-refractivity contribution is 8.45. The van der Waals surface area contributed by atoms with Gasteiger partial charge in [-0.3, -0.25) is 0 Å². The lowest BCUT2D eigenvalue weighted by atomic mass is 9.86. The van der Waals surface area contributed by atoms with E-state index in [1.165, 1.54) is 6.07 Å². The van der Waals surface area contributed by atoms with Gasteiger partial charge >= 0.3 is 10.2 Å². The molecule has 2 aromatic carbocycles. The molecule has 0 unspecified atom stereocenters. The molecule has 0 aliphatic rings. The van der Waals surface area contributed by atoms with E-state index >= 15 is 0 Å². The molecule has 3 nitrogen and oxygen atoms in total. The summed E-state index contributed by atoms with van der Waals surface area (Å²) in [5.41, 5.74) is -1.06. The number of benzene rings is 2. The van der Waals surface area contributed by atoms with Gasteiger partial charge in [0.05, 0.1) is 0 Å². The topological polar surface area (TPSA) is 45.0 Å². The predicted molar refractivity (Wildman–Crippen MR) is 88.8 cm³/mol. The molecule has 0 spiro atoms. The quantitative estimate of drug-likeness (QED) is 0.429. The second-order valence-electron chi connectivity index (χ2n) is 6.56. The van der Waals surface area contributed by atoms with Crippen molar-refractivity contribution >= 4 is 21.6 Å². The Bertz CT molecular complexity index is 842.